The Bertz CT molecular complexity index is 144. The van der Waals surface area contributed by atoms with E-state index in [0.29, 0.717) is 0 Å². The Kier molecular flexibility index (Phi) is 2.69. The van der Waals surface area contributed by atoms with E-state index >= 15 is 0 Å². The number of fused-ring (bicyclic) bond motifs is 1. The van der Waals surface area contributed by atoms with Crippen molar-refractivity contribution in [1.82, 2.24) is 0 Å². The Balaban J connectivity index is 1.55. The summed E-state index contributed by atoms with van der Waals surface area (Å²) in [6.45, 7) is 4.27. The molecule has 2 rings (SSSR count). The van der Waals surface area contributed by atoms with Crippen LogP contribution in [0.3, 0.4) is 0 Å². The van der Waals surface area contributed by atoms with Gasteiger partial charge in [-0.25, -0.2) is 0 Å². The van der Waals surface area contributed by atoms with Gasteiger partial charge in [-0.05, 0) is 43.4 Å². The molecular formula is C11H20O. The van der Waals surface area contributed by atoms with Crippen LogP contribution in [0.5, 0.6) is 0 Å². The molecule has 0 N–H and O–H groups in total. The van der Waals surface area contributed by atoms with E-state index in [-0.39, 0.29) is 0 Å². The third-order valence-corrected chi connectivity index (χ3v) is 3.47. The van der Waals surface area contributed by atoms with E-state index in [0.717, 1.165) is 31.0 Å². The second-order valence-electron chi connectivity index (χ2n) is 4.43. The number of hydrogen-bond acceptors (Lipinski definition) is 1. The van der Waals surface area contributed by atoms with Crippen molar-refractivity contribution in [3.8, 4) is 0 Å². The molecule has 0 aromatic rings. The summed E-state index contributed by atoms with van der Waals surface area (Å²) in [5.74, 6) is 3.13. The van der Waals surface area contributed by atoms with E-state index in [2.05, 4.69) is 6.92 Å². The lowest BCUT2D eigenvalue weighted by Crippen LogP contribution is -2.09. The first kappa shape index (κ1) is 8.55. The van der Waals surface area contributed by atoms with Crippen LogP contribution in [-0.2, 0) is 4.74 Å². The van der Waals surface area contributed by atoms with Crippen molar-refractivity contribution in [2.75, 3.05) is 13.2 Å². The van der Waals surface area contributed by atoms with Crippen LogP contribution in [0.4, 0.5) is 0 Å². The summed E-state index contributed by atoms with van der Waals surface area (Å²) in [6.07, 6.45) is 6.95. The predicted octanol–water partition coefficient (Wildman–Crippen LogP) is 2.85. The van der Waals surface area contributed by atoms with Crippen LogP contribution in [-0.4, -0.2) is 13.2 Å². The molecule has 2 saturated carbocycles. The lowest BCUT2D eigenvalue weighted by Gasteiger charge is -2.11. The lowest BCUT2D eigenvalue weighted by atomic mass is 10.1. The van der Waals surface area contributed by atoms with E-state index in [9.17, 15) is 0 Å². The van der Waals surface area contributed by atoms with Crippen LogP contribution in [0.15, 0.2) is 0 Å². The number of unbranched alkanes of at least 4 members (excludes halogenated alkanes) is 1. The molecule has 12 heavy (non-hydrogen) atoms. The van der Waals surface area contributed by atoms with Gasteiger partial charge in [0.25, 0.3) is 0 Å². The van der Waals surface area contributed by atoms with Crippen molar-refractivity contribution in [3.05, 3.63) is 0 Å². The molecule has 0 amide bonds. The molecule has 0 heterocycles. The third kappa shape index (κ3) is 1.82. The van der Waals surface area contributed by atoms with Crippen LogP contribution in [0, 0.1) is 17.8 Å². The fourth-order valence-corrected chi connectivity index (χ4v) is 2.51. The maximum atomic E-state index is 5.66. The zero-order valence-electron chi connectivity index (χ0n) is 8.09. The summed E-state index contributed by atoms with van der Waals surface area (Å²) in [6, 6.07) is 0. The summed E-state index contributed by atoms with van der Waals surface area (Å²) in [5.41, 5.74) is 0. The number of ether oxygens (including phenoxy) is 1. The van der Waals surface area contributed by atoms with Gasteiger partial charge >= 0.3 is 0 Å². The van der Waals surface area contributed by atoms with Crippen LogP contribution < -0.4 is 0 Å². The summed E-state index contributed by atoms with van der Waals surface area (Å²) in [7, 11) is 0. The molecule has 0 radical (unpaired) electrons. The van der Waals surface area contributed by atoms with E-state index in [4.69, 9.17) is 4.74 Å². The van der Waals surface area contributed by atoms with Crippen LogP contribution in [0.2, 0.25) is 0 Å². The second kappa shape index (κ2) is 3.78. The molecule has 70 valence electrons. The SMILES string of the molecule is CCCCOCC1CCC2CC12. The minimum atomic E-state index is 0.937. The normalized spacial score (nSPS) is 38.2. The molecule has 3 atom stereocenters. The van der Waals surface area contributed by atoms with Gasteiger partial charge in [0, 0.05) is 13.2 Å². The summed E-state index contributed by atoms with van der Waals surface area (Å²) in [4.78, 5) is 0. The van der Waals surface area contributed by atoms with E-state index in [1.165, 1.54) is 32.1 Å². The Morgan fingerprint density at radius 2 is 2.25 bits per heavy atom. The largest absolute Gasteiger partial charge is 0.381 e. The quantitative estimate of drug-likeness (QED) is 0.574. The first-order chi connectivity index (χ1) is 5.92. The van der Waals surface area contributed by atoms with Gasteiger partial charge < -0.3 is 4.74 Å². The van der Waals surface area contributed by atoms with Crippen molar-refractivity contribution in [3.63, 3.8) is 0 Å². The van der Waals surface area contributed by atoms with Crippen LogP contribution >= 0.6 is 0 Å². The predicted molar refractivity (Wildman–Crippen MR) is 50.0 cm³/mol. The highest BCUT2D eigenvalue weighted by Crippen LogP contribution is 2.55. The van der Waals surface area contributed by atoms with Crippen molar-refractivity contribution in [2.45, 2.75) is 39.0 Å². The Labute approximate surface area is 75.5 Å². The van der Waals surface area contributed by atoms with Gasteiger partial charge in [0.15, 0.2) is 0 Å². The number of hydrogen-bond donors (Lipinski definition) is 0. The van der Waals surface area contributed by atoms with Crippen LogP contribution in [0.25, 0.3) is 0 Å². The standard InChI is InChI=1S/C11H20O/c1-2-3-6-12-8-10-5-4-9-7-11(9)10/h9-11H,2-8H2,1H3. The fraction of sp³-hybridized carbons (Fsp3) is 1.00. The molecule has 0 aliphatic heterocycles. The minimum Gasteiger partial charge on any atom is -0.381 e. The minimum absolute atomic E-state index is 0.937. The maximum absolute atomic E-state index is 5.66. The molecule has 0 aromatic carbocycles. The topological polar surface area (TPSA) is 9.23 Å². The molecular weight excluding hydrogens is 148 g/mol. The fourth-order valence-electron chi connectivity index (χ4n) is 2.51. The summed E-state index contributed by atoms with van der Waals surface area (Å²) >= 11 is 0. The average molecular weight is 168 g/mol. The lowest BCUT2D eigenvalue weighted by molar-refractivity contribution is 0.0921. The highest BCUT2D eigenvalue weighted by atomic mass is 16.5. The summed E-state index contributed by atoms with van der Waals surface area (Å²) < 4.78 is 5.66. The van der Waals surface area contributed by atoms with Gasteiger partial charge in [-0.1, -0.05) is 13.3 Å². The number of rotatable bonds is 5. The molecule has 3 unspecified atom stereocenters. The monoisotopic (exact) mass is 168 g/mol. The van der Waals surface area contributed by atoms with Gasteiger partial charge in [-0.3, -0.25) is 0 Å². The van der Waals surface area contributed by atoms with Crippen LogP contribution in [0.1, 0.15) is 39.0 Å². The second-order valence-corrected chi connectivity index (χ2v) is 4.43. The molecule has 2 aliphatic rings. The van der Waals surface area contributed by atoms with E-state index < -0.39 is 0 Å². The molecule has 0 spiro atoms. The van der Waals surface area contributed by atoms with Crippen molar-refractivity contribution in [1.29, 1.82) is 0 Å². The zero-order valence-corrected chi connectivity index (χ0v) is 8.09. The zero-order chi connectivity index (χ0) is 8.39. The Morgan fingerprint density at radius 1 is 1.33 bits per heavy atom. The van der Waals surface area contributed by atoms with Crippen molar-refractivity contribution >= 4 is 0 Å². The maximum Gasteiger partial charge on any atom is 0.0497 e. The van der Waals surface area contributed by atoms with Gasteiger partial charge in [0.05, 0.1) is 0 Å². The molecule has 2 fully saturated rings. The van der Waals surface area contributed by atoms with E-state index in [1.807, 2.05) is 0 Å². The molecule has 0 bridgehead atoms. The molecule has 2 aliphatic carbocycles. The van der Waals surface area contributed by atoms with Gasteiger partial charge in [0.2, 0.25) is 0 Å². The van der Waals surface area contributed by atoms with Gasteiger partial charge in [0.1, 0.15) is 0 Å². The molecule has 1 heteroatoms. The van der Waals surface area contributed by atoms with Gasteiger partial charge in [-0.15, -0.1) is 0 Å². The Hall–Kier alpha value is -0.0400. The molecule has 0 aromatic heterocycles. The third-order valence-electron chi connectivity index (χ3n) is 3.47. The summed E-state index contributed by atoms with van der Waals surface area (Å²) in [5, 5.41) is 0. The first-order valence-electron chi connectivity index (χ1n) is 5.49. The average Bonchev–Trinajstić information content (AvgIpc) is 2.76. The van der Waals surface area contributed by atoms with E-state index in [1.54, 1.807) is 0 Å². The van der Waals surface area contributed by atoms with Crippen molar-refractivity contribution < 1.29 is 4.74 Å². The molecule has 0 saturated heterocycles. The highest BCUT2D eigenvalue weighted by Gasteiger charge is 2.47. The van der Waals surface area contributed by atoms with Gasteiger partial charge in [-0.2, -0.15) is 0 Å². The first-order valence-corrected chi connectivity index (χ1v) is 5.49. The highest BCUT2D eigenvalue weighted by molar-refractivity contribution is 4.97. The molecule has 1 nitrogen and oxygen atoms in total. The smallest absolute Gasteiger partial charge is 0.0497 e. The Morgan fingerprint density at radius 3 is 2.83 bits per heavy atom. The van der Waals surface area contributed by atoms with Crippen molar-refractivity contribution in [2.24, 2.45) is 17.8 Å².